The van der Waals surface area contributed by atoms with Gasteiger partial charge in [0, 0.05) is 30.4 Å². The van der Waals surface area contributed by atoms with Crippen molar-refractivity contribution in [2.75, 3.05) is 25.9 Å². The zero-order valence-electron chi connectivity index (χ0n) is 10.9. The molecule has 0 bridgehead atoms. The van der Waals surface area contributed by atoms with E-state index < -0.39 is 10.0 Å². The van der Waals surface area contributed by atoms with Crippen LogP contribution in [0.2, 0.25) is 0 Å². The molecule has 106 valence electrons. The largest absolute Gasteiger partial charge is 0.398 e. The quantitative estimate of drug-likeness (QED) is 0.844. The van der Waals surface area contributed by atoms with Crippen molar-refractivity contribution in [2.45, 2.75) is 24.3 Å². The van der Waals surface area contributed by atoms with Crippen molar-refractivity contribution in [1.82, 2.24) is 4.31 Å². The summed E-state index contributed by atoms with van der Waals surface area (Å²) in [6.45, 7) is 2.59. The van der Waals surface area contributed by atoms with Crippen LogP contribution in [0.5, 0.6) is 0 Å². The number of nitrogens with two attached hydrogens (primary N) is 1. The second kappa shape index (κ2) is 5.40. The minimum Gasteiger partial charge on any atom is -0.398 e. The van der Waals surface area contributed by atoms with Gasteiger partial charge in [0.25, 0.3) is 0 Å². The number of methoxy groups -OCH3 is 1. The fraction of sp³-hybridized carbons (Fsp3) is 0.500. The first-order valence-electron chi connectivity index (χ1n) is 5.95. The summed E-state index contributed by atoms with van der Waals surface area (Å²) in [5.74, 6) is 0. The molecule has 1 saturated heterocycles. The smallest absolute Gasteiger partial charge is 0.243 e. The molecule has 1 aliphatic rings. The average molecular weight is 349 g/mol. The van der Waals surface area contributed by atoms with Crippen LogP contribution in [-0.4, -0.2) is 39.0 Å². The summed E-state index contributed by atoms with van der Waals surface area (Å²) in [5.41, 5.74) is 6.89. The fourth-order valence-corrected chi connectivity index (χ4v) is 4.58. The number of hydrogen-bond acceptors (Lipinski definition) is 4. The zero-order valence-corrected chi connectivity index (χ0v) is 13.3. The monoisotopic (exact) mass is 348 g/mol. The number of ether oxygens (including phenoxy) is 1. The Labute approximate surface area is 121 Å². The summed E-state index contributed by atoms with van der Waals surface area (Å²) < 4.78 is 32.6. The third-order valence-electron chi connectivity index (χ3n) is 3.42. The van der Waals surface area contributed by atoms with Crippen LogP contribution in [0.15, 0.2) is 21.5 Å². The number of nitrogens with zero attached hydrogens (tertiary/aromatic N) is 1. The molecule has 1 unspecified atom stereocenters. The van der Waals surface area contributed by atoms with Crippen molar-refractivity contribution in [3.05, 3.63) is 22.2 Å². The SMILES string of the molecule is COC1CCN(S(=O)(=O)c2cc(Br)cc(N)c2C)C1. The topological polar surface area (TPSA) is 72.6 Å². The highest BCUT2D eigenvalue weighted by Gasteiger charge is 2.33. The van der Waals surface area contributed by atoms with Gasteiger partial charge < -0.3 is 10.5 Å². The number of benzene rings is 1. The van der Waals surface area contributed by atoms with Crippen LogP contribution in [0, 0.1) is 6.92 Å². The van der Waals surface area contributed by atoms with Gasteiger partial charge in [-0.25, -0.2) is 8.42 Å². The average Bonchev–Trinajstić information content (AvgIpc) is 2.83. The second-order valence-electron chi connectivity index (χ2n) is 4.63. The molecular formula is C12H17BrN2O3S. The van der Waals surface area contributed by atoms with Crippen molar-refractivity contribution in [1.29, 1.82) is 0 Å². The van der Waals surface area contributed by atoms with Crippen LogP contribution in [-0.2, 0) is 14.8 Å². The lowest BCUT2D eigenvalue weighted by molar-refractivity contribution is 0.115. The first kappa shape index (κ1) is 14.8. The molecule has 2 N–H and O–H groups in total. The van der Waals surface area contributed by atoms with Crippen molar-refractivity contribution >= 4 is 31.6 Å². The summed E-state index contributed by atoms with van der Waals surface area (Å²) in [6.07, 6.45) is 0.692. The van der Waals surface area contributed by atoms with Crippen LogP contribution >= 0.6 is 15.9 Å². The third kappa shape index (κ3) is 2.79. The Bertz CT molecular complexity index is 589. The molecule has 1 aliphatic heterocycles. The molecule has 1 aromatic carbocycles. The number of anilines is 1. The fourth-order valence-electron chi connectivity index (χ4n) is 2.19. The number of nitrogen functional groups attached to an aromatic ring is 1. The number of halogens is 1. The number of sulfonamides is 1. The molecular weight excluding hydrogens is 332 g/mol. The standard InChI is InChI=1S/C12H17BrN2O3S/c1-8-11(14)5-9(13)6-12(8)19(16,17)15-4-3-10(7-15)18-2/h5-6,10H,3-4,7,14H2,1-2H3. The number of rotatable bonds is 3. The van der Waals surface area contributed by atoms with E-state index in [2.05, 4.69) is 15.9 Å². The summed E-state index contributed by atoms with van der Waals surface area (Å²) in [4.78, 5) is 0.260. The first-order chi connectivity index (χ1) is 8.86. The predicted octanol–water partition coefficient (Wildman–Crippen LogP) is 1.75. The Kier molecular flexibility index (Phi) is 4.20. The molecule has 1 aromatic rings. The van der Waals surface area contributed by atoms with E-state index in [0.717, 1.165) is 6.42 Å². The van der Waals surface area contributed by atoms with Gasteiger partial charge >= 0.3 is 0 Å². The second-order valence-corrected chi connectivity index (χ2v) is 7.45. The maximum Gasteiger partial charge on any atom is 0.243 e. The molecule has 19 heavy (non-hydrogen) atoms. The Hall–Kier alpha value is -0.630. The molecule has 1 fully saturated rings. The van der Waals surface area contributed by atoms with E-state index in [9.17, 15) is 8.42 Å². The first-order valence-corrected chi connectivity index (χ1v) is 8.18. The highest BCUT2D eigenvalue weighted by molar-refractivity contribution is 9.10. The van der Waals surface area contributed by atoms with Crippen molar-refractivity contribution in [2.24, 2.45) is 0 Å². The Morgan fingerprint density at radius 1 is 1.47 bits per heavy atom. The van der Waals surface area contributed by atoms with Gasteiger partial charge in [-0.15, -0.1) is 0 Å². The molecule has 1 atom stereocenters. The van der Waals surface area contributed by atoms with Gasteiger partial charge in [0.05, 0.1) is 11.0 Å². The Morgan fingerprint density at radius 2 is 2.16 bits per heavy atom. The van der Waals surface area contributed by atoms with E-state index >= 15 is 0 Å². The van der Waals surface area contributed by atoms with Crippen LogP contribution in [0.4, 0.5) is 5.69 Å². The summed E-state index contributed by atoms with van der Waals surface area (Å²) >= 11 is 3.29. The lowest BCUT2D eigenvalue weighted by Gasteiger charge is -2.18. The highest BCUT2D eigenvalue weighted by atomic mass is 79.9. The highest BCUT2D eigenvalue weighted by Crippen LogP contribution is 2.30. The van der Waals surface area contributed by atoms with E-state index in [4.69, 9.17) is 10.5 Å². The van der Waals surface area contributed by atoms with Crippen LogP contribution in [0.25, 0.3) is 0 Å². The summed E-state index contributed by atoms with van der Waals surface area (Å²) in [6, 6.07) is 3.30. The van der Waals surface area contributed by atoms with Gasteiger partial charge in [-0.3, -0.25) is 0 Å². The molecule has 5 nitrogen and oxygen atoms in total. The van der Waals surface area contributed by atoms with E-state index in [1.165, 1.54) is 4.31 Å². The van der Waals surface area contributed by atoms with E-state index in [1.54, 1.807) is 26.2 Å². The van der Waals surface area contributed by atoms with Crippen molar-refractivity contribution in [3.63, 3.8) is 0 Å². The van der Waals surface area contributed by atoms with Gasteiger partial charge in [-0.2, -0.15) is 4.31 Å². The molecule has 1 heterocycles. The summed E-state index contributed by atoms with van der Waals surface area (Å²) in [7, 11) is -1.91. The molecule has 0 radical (unpaired) electrons. The molecule has 0 amide bonds. The summed E-state index contributed by atoms with van der Waals surface area (Å²) in [5, 5.41) is 0. The minimum absolute atomic E-state index is 0.0282. The van der Waals surface area contributed by atoms with Gasteiger partial charge in [0.1, 0.15) is 0 Å². The molecule has 0 spiro atoms. The normalized spacial score (nSPS) is 20.9. The Balaban J connectivity index is 2.41. The number of hydrogen-bond donors (Lipinski definition) is 1. The third-order valence-corrected chi connectivity index (χ3v) is 5.87. The molecule has 2 rings (SSSR count). The lowest BCUT2D eigenvalue weighted by atomic mass is 10.2. The predicted molar refractivity (Wildman–Crippen MR) is 77.5 cm³/mol. The minimum atomic E-state index is -3.51. The lowest BCUT2D eigenvalue weighted by Crippen LogP contribution is -2.30. The van der Waals surface area contributed by atoms with Crippen LogP contribution < -0.4 is 5.73 Å². The Morgan fingerprint density at radius 3 is 2.74 bits per heavy atom. The molecule has 0 saturated carbocycles. The molecule has 7 heteroatoms. The van der Waals surface area contributed by atoms with Gasteiger partial charge in [-0.1, -0.05) is 15.9 Å². The maximum atomic E-state index is 12.6. The van der Waals surface area contributed by atoms with Crippen LogP contribution in [0.1, 0.15) is 12.0 Å². The van der Waals surface area contributed by atoms with Gasteiger partial charge in [0.15, 0.2) is 0 Å². The van der Waals surface area contributed by atoms with Crippen molar-refractivity contribution < 1.29 is 13.2 Å². The van der Waals surface area contributed by atoms with E-state index in [1.807, 2.05) is 0 Å². The molecule has 0 aromatic heterocycles. The van der Waals surface area contributed by atoms with E-state index in [0.29, 0.717) is 28.8 Å². The van der Waals surface area contributed by atoms with Gasteiger partial charge in [-0.05, 0) is 31.0 Å². The molecule has 0 aliphatic carbocycles. The van der Waals surface area contributed by atoms with E-state index in [-0.39, 0.29) is 11.0 Å². The maximum absolute atomic E-state index is 12.6. The van der Waals surface area contributed by atoms with Gasteiger partial charge in [0.2, 0.25) is 10.0 Å². The van der Waals surface area contributed by atoms with Crippen molar-refractivity contribution in [3.8, 4) is 0 Å². The zero-order chi connectivity index (χ0) is 14.2. The van der Waals surface area contributed by atoms with Crippen LogP contribution in [0.3, 0.4) is 0 Å².